The van der Waals surface area contributed by atoms with Crippen molar-refractivity contribution in [1.82, 2.24) is 10.6 Å². The molecule has 0 heterocycles. The van der Waals surface area contributed by atoms with E-state index in [9.17, 15) is 4.79 Å². The van der Waals surface area contributed by atoms with Crippen LogP contribution in [0.1, 0.15) is 52.7 Å². The van der Waals surface area contributed by atoms with Gasteiger partial charge in [-0.05, 0) is 63.6 Å². The summed E-state index contributed by atoms with van der Waals surface area (Å²) in [6, 6.07) is 12.4. The molecule has 162 valence electrons. The molecule has 30 heavy (non-hydrogen) atoms. The summed E-state index contributed by atoms with van der Waals surface area (Å²) < 4.78 is 10.8. The number of hydrogen-bond acceptors (Lipinski definition) is 4. The number of rotatable bonds is 8. The fraction of sp³-hybridized carbons (Fsp3) is 0.480. The van der Waals surface area contributed by atoms with Crippen LogP contribution >= 0.6 is 0 Å². The predicted molar refractivity (Wildman–Crippen MR) is 120 cm³/mol. The first-order chi connectivity index (χ1) is 14.5. The van der Waals surface area contributed by atoms with Crippen LogP contribution in [0.4, 0.5) is 0 Å². The number of methoxy groups -OCH3 is 2. The summed E-state index contributed by atoms with van der Waals surface area (Å²) in [4.78, 5) is 12.5. The lowest BCUT2D eigenvalue weighted by molar-refractivity contribution is 0.0942. The van der Waals surface area contributed by atoms with Gasteiger partial charge in [0.1, 0.15) is 11.5 Å². The van der Waals surface area contributed by atoms with Gasteiger partial charge in [0.25, 0.3) is 5.91 Å². The lowest BCUT2D eigenvalue weighted by Crippen LogP contribution is -2.36. The minimum absolute atomic E-state index is 0.0358. The van der Waals surface area contributed by atoms with Gasteiger partial charge in [0, 0.05) is 36.3 Å². The van der Waals surface area contributed by atoms with E-state index in [4.69, 9.17) is 9.47 Å². The van der Waals surface area contributed by atoms with Gasteiger partial charge >= 0.3 is 0 Å². The Morgan fingerprint density at radius 1 is 0.967 bits per heavy atom. The van der Waals surface area contributed by atoms with Crippen LogP contribution in [0.5, 0.6) is 11.5 Å². The highest BCUT2D eigenvalue weighted by Crippen LogP contribution is 2.27. The van der Waals surface area contributed by atoms with Crippen molar-refractivity contribution in [1.29, 1.82) is 0 Å². The Morgan fingerprint density at radius 2 is 1.67 bits per heavy atom. The first-order valence-electron chi connectivity index (χ1n) is 10.8. The molecule has 2 aromatic rings. The molecule has 1 fully saturated rings. The maximum atomic E-state index is 12.5. The van der Waals surface area contributed by atoms with Crippen LogP contribution in [-0.2, 0) is 6.54 Å². The summed E-state index contributed by atoms with van der Waals surface area (Å²) in [5, 5.41) is 6.80. The number of carbonyl (C=O) groups excluding carboxylic acids is 1. The number of nitrogens with one attached hydrogen (secondary N) is 2. The molecule has 1 saturated carbocycles. The molecule has 0 unspecified atom stereocenters. The zero-order valence-electron chi connectivity index (χ0n) is 18.6. The number of benzene rings is 2. The zero-order chi connectivity index (χ0) is 21.5. The lowest BCUT2D eigenvalue weighted by Gasteiger charge is -2.29. The van der Waals surface area contributed by atoms with Gasteiger partial charge in [-0.25, -0.2) is 0 Å². The smallest absolute Gasteiger partial charge is 0.251 e. The van der Waals surface area contributed by atoms with E-state index in [1.54, 1.807) is 14.2 Å². The van der Waals surface area contributed by atoms with Crippen LogP contribution < -0.4 is 20.1 Å². The van der Waals surface area contributed by atoms with Gasteiger partial charge in [-0.15, -0.1) is 0 Å². The number of hydrogen-bond donors (Lipinski definition) is 2. The van der Waals surface area contributed by atoms with Gasteiger partial charge < -0.3 is 20.1 Å². The Balaban J connectivity index is 1.42. The second-order valence-electron chi connectivity index (χ2n) is 8.36. The van der Waals surface area contributed by atoms with Gasteiger partial charge in [-0.1, -0.05) is 23.3 Å². The Labute approximate surface area is 180 Å². The lowest BCUT2D eigenvalue weighted by atomic mass is 9.86. The van der Waals surface area contributed by atoms with Crippen molar-refractivity contribution >= 4 is 5.91 Å². The van der Waals surface area contributed by atoms with Crippen LogP contribution in [0.15, 0.2) is 36.4 Å². The molecule has 0 atom stereocenters. The molecule has 2 N–H and O–H groups in total. The van der Waals surface area contributed by atoms with Gasteiger partial charge in [-0.3, -0.25) is 4.79 Å². The molecule has 0 aromatic heterocycles. The topological polar surface area (TPSA) is 59.6 Å². The summed E-state index contributed by atoms with van der Waals surface area (Å²) >= 11 is 0. The minimum atomic E-state index is 0.0358. The third-order valence-electron chi connectivity index (χ3n) is 5.96. The number of ether oxygens (including phenoxy) is 2. The van der Waals surface area contributed by atoms with Crippen molar-refractivity contribution in [2.75, 3.05) is 20.8 Å². The van der Waals surface area contributed by atoms with E-state index in [1.807, 2.05) is 38.1 Å². The Hall–Kier alpha value is -2.53. The molecule has 2 aromatic carbocycles. The Kier molecular flexibility index (Phi) is 7.75. The first-order valence-corrected chi connectivity index (χ1v) is 10.8. The highest BCUT2D eigenvalue weighted by Gasteiger charge is 2.22. The summed E-state index contributed by atoms with van der Waals surface area (Å²) in [5.74, 6) is 2.24. The maximum Gasteiger partial charge on any atom is 0.251 e. The van der Waals surface area contributed by atoms with Crippen molar-refractivity contribution < 1.29 is 14.3 Å². The molecule has 0 radical (unpaired) electrons. The summed E-state index contributed by atoms with van der Waals surface area (Å²) in [6.45, 7) is 5.59. The van der Waals surface area contributed by atoms with Crippen molar-refractivity contribution in [2.45, 2.75) is 52.1 Å². The third kappa shape index (κ3) is 5.99. The molecule has 1 amide bonds. The normalized spacial score (nSPS) is 18.7. The van der Waals surface area contributed by atoms with Gasteiger partial charge in [0.2, 0.25) is 0 Å². The molecular weight excluding hydrogens is 376 g/mol. The summed E-state index contributed by atoms with van der Waals surface area (Å²) in [7, 11) is 3.35. The number of aryl methyl sites for hydroxylation is 2. The van der Waals surface area contributed by atoms with Crippen LogP contribution in [0.3, 0.4) is 0 Å². The highest BCUT2D eigenvalue weighted by molar-refractivity contribution is 5.94. The van der Waals surface area contributed by atoms with Gasteiger partial charge in [-0.2, -0.15) is 0 Å². The SMILES string of the molecule is COc1ccc(CN[C@H]2CC[C@H](CNC(=O)c3cc(C)cc(C)c3)CC2)c(OC)c1. The summed E-state index contributed by atoms with van der Waals surface area (Å²) in [6.07, 6.45) is 4.51. The number of amides is 1. The van der Waals surface area contributed by atoms with Gasteiger partial charge in [0.15, 0.2) is 0 Å². The second kappa shape index (κ2) is 10.5. The molecule has 5 nitrogen and oxygen atoms in total. The summed E-state index contributed by atoms with van der Waals surface area (Å²) in [5.41, 5.74) is 4.15. The fourth-order valence-corrected chi connectivity index (χ4v) is 4.27. The van der Waals surface area contributed by atoms with E-state index < -0.39 is 0 Å². The van der Waals surface area contributed by atoms with Crippen LogP contribution in [0, 0.1) is 19.8 Å². The van der Waals surface area contributed by atoms with Crippen LogP contribution in [0.2, 0.25) is 0 Å². The average Bonchev–Trinajstić information content (AvgIpc) is 2.75. The maximum absolute atomic E-state index is 12.5. The van der Waals surface area contributed by atoms with Crippen molar-refractivity contribution in [3.8, 4) is 11.5 Å². The molecule has 0 aliphatic heterocycles. The van der Waals surface area contributed by atoms with Crippen LogP contribution in [-0.4, -0.2) is 32.7 Å². The van der Waals surface area contributed by atoms with E-state index in [0.717, 1.165) is 72.5 Å². The van der Waals surface area contributed by atoms with E-state index >= 15 is 0 Å². The first kappa shape index (κ1) is 22.2. The van der Waals surface area contributed by atoms with Crippen LogP contribution in [0.25, 0.3) is 0 Å². The fourth-order valence-electron chi connectivity index (χ4n) is 4.27. The van der Waals surface area contributed by atoms with Crippen molar-refractivity contribution in [2.24, 2.45) is 5.92 Å². The third-order valence-corrected chi connectivity index (χ3v) is 5.96. The second-order valence-corrected chi connectivity index (χ2v) is 8.36. The van der Waals surface area contributed by atoms with E-state index in [0.29, 0.717) is 12.0 Å². The molecule has 5 heteroatoms. The average molecular weight is 411 g/mol. The monoisotopic (exact) mass is 410 g/mol. The van der Waals surface area contributed by atoms with Crippen molar-refractivity contribution in [3.05, 3.63) is 58.7 Å². The highest BCUT2D eigenvalue weighted by atomic mass is 16.5. The predicted octanol–water partition coefficient (Wildman–Crippen LogP) is 4.40. The van der Waals surface area contributed by atoms with Crippen molar-refractivity contribution in [3.63, 3.8) is 0 Å². The van der Waals surface area contributed by atoms with E-state index in [-0.39, 0.29) is 5.91 Å². The van der Waals surface area contributed by atoms with Gasteiger partial charge in [0.05, 0.1) is 14.2 Å². The molecular formula is C25H34N2O3. The molecule has 0 bridgehead atoms. The molecule has 1 aliphatic carbocycles. The molecule has 0 spiro atoms. The Bertz CT molecular complexity index is 837. The molecule has 1 aliphatic rings. The largest absolute Gasteiger partial charge is 0.497 e. The molecule has 3 rings (SSSR count). The van der Waals surface area contributed by atoms with E-state index in [1.165, 1.54) is 0 Å². The van der Waals surface area contributed by atoms with E-state index in [2.05, 4.69) is 22.8 Å². The minimum Gasteiger partial charge on any atom is -0.497 e. The Morgan fingerprint density at radius 3 is 2.30 bits per heavy atom. The zero-order valence-corrected chi connectivity index (χ0v) is 18.6. The quantitative estimate of drug-likeness (QED) is 0.677. The number of carbonyl (C=O) groups is 1. The molecule has 0 saturated heterocycles. The standard InChI is InChI=1S/C25H34N2O3/c1-17-11-18(2)13-21(12-17)25(28)27-15-19-5-8-22(9-6-19)26-16-20-7-10-23(29-3)14-24(20)30-4/h7,10-14,19,22,26H,5-6,8-9,15-16H2,1-4H3,(H,27,28)/t19-,22-.